The molecule has 0 aliphatic carbocycles. The molecule has 2 aromatic heterocycles. The van der Waals surface area contributed by atoms with E-state index in [1.165, 1.54) is 6.08 Å². The Balaban J connectivity index is 2.61. The van der Waals surface area contributed by atoms with Crippen LogP contribution in [0.5, 0.6) is 0 Å². The molecule has 90 valence electrons. The van der Waals surface area contributed by atoms with E-state index in [1.807, 2.05) is 18.2 Å². The molecule has 18 heavy (non-hydrogen) atoms. The lowest BCUT2D eigenvalue weighted by atomic mass is 10.3. The maximum atomic E-state index is 11.8. The molecule has 2 aromatic rings. The zero-order valence-electron chi connectivity index (χ0n) is 9.83. The van der Waals surface area contributed by atoms with E-state index in [1.54, 1.807) is 29.7 Å². The number of ether oxygens (including phenoxy) is 1. The van der Waals surface area contributed by atoms with Crippen LogP contribution in [0, 0.1) is 11.3 Å². The zero-order chi connectivity index (χ0) is 13.0. The molecule has 0 amide bonds. The number of hydrogen-bond acceptors (Lipinski definition) is 4. The number of aromatic nitrogens is 2. The molecule has 0 N–H and O–H groups in total. The van der Waals surface area contributed by atoms with E-state index in [0.29, 0.717) is 11.3 Å². The van der Waals surface area contributed by atoms with Crippen LogP contribution in [0.15, 0.2) is 30.5 Å². The van der Waals surface area contributed by atoms with Crippen molar-refractivity contribution in [3.63, 3.8) is 0 Å². The second-order valence-corrected chi connectivity index (χ2v) is 3.46. The highest BCUT2D eigenvalue weighted by Crippen LogP contribution is 2.15. The fourth-order valence-corrected chi connectivity index (χ4v) is 1.64. The van der Waals surface area contributed by atoms with E-state index >= 15 is 0 Å². The SMILES string of the molecule is CCOC(=O)c1nc2ccccn2c1/C=C/C#N. The van der Waals surface area contributed by atoms with Crippen LogP contribution in [0.4, 0.5) is 0 Å². The fourth-order valence-electron chi connectivity index (χ4n) is 1.64. The molecular weight excluding hydrogens is 230 g/mol. The van der Waals surface area contributed by atoms with Gasteiger partial charge >= 0.3 is 5.97 Å². The number of hydrogen-bond donors (Lipinski definition) is 0. The third-order valence-electron chi connectivity index (χ3n) is 2.35. The van der Waals surface area contributed by atoms with Gasteiger partial charge in [0.1, 0.15) is 5.65 Å². The standard InChI is InChI=1S/C13H11N3O2/c1-2-18-13(17)12-10(6-5-8-14)16-9-4-3-7-11(16)15-12/h3-7,9H,2H2,1H3/b6-5+. The van der Waals surface area contributed by atoms with Crippen molar-refractivity contribution in [3.05, 3.63) is 41.9 Å². The van der Waals surface area contributed by atoms with Gasteiger partial charge in [0.25, 0.3) is 0 Å². The molecule has 2 heterocycles. The quantitative estimate of drug-likeness (QED) is 0.609. The number of imidazole rings is 1. The van der Waals surface area contributed by atoms with Crippen LogP contribution in [0.25, 0.3) is 11.7 Å². The van der Waals surface area contributed by atoms with Gasteiger partial charge in [-0.25, -0.2) is 9.78 Å². The van der Waals surface area contributed by atoms with Gasteiger partial charge in [0.2, 0.25) is 0 Å². The summed E-state index contributed by atoms with van der Waals surface area (Å²) in [7, 11) is 0. The van der Waals surface area contributed by atoms with Crippen molar-refractivity contribution in [1.29, 1.82) is 5.26 Å². The van der Waals surface area contributed by atoms with Crippen molar-refractivity contribution in [1.82, 2.24) is 9.38 Å². The average molecular weight is 241 g/mol. The van der Waals surface area contributed by atoms with Gasteiger partial charge in [-0.3, -0.25) is 4.40 Å². The van der Waals surface area contributed by atoms with Crippen molar-refractivity contribution in [2.24, 2.45) is 0 Å². The average Bonchev–Trinajstić information content (AvgIpc) is 2.75. The molecule has 0 saturated carbocycles. The highest BCUT2D eigenvalue weighted by molar-refractivity contribution is 5.92. The predicted octanol–water partition coefficient (Wildman–Crippen LogP) is 2.05. The number of pyridine rings is 1. The molecule has 0 fully saturated rings. The van der Waals surface area contributed by atoms with Crippen molar-refractivity contribution in [2.45, 2.75) is 6.92 Å². The highest BCUT2D eigenvalue weighted by Gasteiger charge is 2.17. The summed E-state index contributed by atoms with van der Waals surface area (Å²) in [6.45, 7) is 2.02. The Hall–Kier alpha value is -2.61. The largest absolute Gasteiger partial charge is 0.461 e. The number of nitriles is 1. The molecule has 0 aliphatic heterocycles. The maximum absolute atomic E-state index is 11.8. The van der Waals surface area contributed by atoms with Crippen LogP contribution in [0.3, 0.4) is 0 Å². The summed E-state index contributed by atoms with van der Waals surface area (Å²) in [6.07, 6.45) is 4.63. The summed E-state index contributed by atoms with van der Waals surface area (Å²) in [5, 5.41) is 8.59. The molecule has 0 aromatic carbocycles. The van der Waals surface area contributed by atoms with E-state index in [0.717, 1.165) is 0 Å². The number of carbonyl (C=O) groups excluding carboxylic acids is 1. The number of nitrogens with zero attached hydrogens (tertiary/aromatic N) is 3. The Morgan fingerprint density at radius 2 is 2.44 bits per heavy atom. The molecule has 0 bridgehead atoms. The van der Waals surface area contributed by atoms with E-state index < -0.39 is 5.97 Å². The molecule has 2 rings (SSSR count). The van der Waals surface area contributed by atoms with Crippen LogP contribution in [-0.2, 0) is 4.74 Å². The summed E-state index contributed by atoms with van der Waals surface area (Å²) >= 11 is 0. The van der Waals surface area contributed by atoms with Crippen LogP contribution < -0.4 is 0 Å². The first-order valence-corrected chi connectivity index (χ1v) is 5.48. The highest BCUT2D eigenvalue weighted by atomic mass is 16.5. The minimum absolute atomic E-state index is 0.217. The number of carbonyl (C=O) groups is 1. The van der Waals surface area contributed by atoms with E-state index in [4.69, 9.17) is 10.00 Å². The first-order chi connectivity index (χ1) is 8.77. The second kappa shape index (κ2) is 5.15. The van der Waals surface area contributed by atoms with Crippen LogP contribution in [0.1, 0.15) is 23.1 Å². The Bertz CT molecular complexity index is 650. The minimum atomic E-state index is -0.487. The van der Waals surface area contributed by atoms with Gasteiger partial charge in [-0.15, -0.1) is 0 Å². The van der Waals surface area contributed by atoms with E-state index in [2.05, 4.69) is 4.98 Å². The summed E-state index contributed by atoms with van der Waals surface area (Å²) in [6, 6.07) is 7.33. The maximum Gasteiger partial charge on any atom is 0.359 e. The van der Waals surface area contributed by atoms with Gasteiger partial charge in [-0.05, 0) is 25.1 Å². The lowest BCUT2D eigenvalue weighted by Gasteiger charge is -1.99. The molecule has 5 heteroatoms. The Kier molecular flexibility index (Phi) is 3.39. The lowest BCUT2D eigenvalue weighted by molar-refractivity contribution is 0.0520. The minimum Gasteiger partial charge on any atom is -0.461 e. The molecule has 5 nitrogen and oxygen atoms in total. The Morgan fingerprint density at radius 1 is 1.61 bits per heavy atom. The molecular formula is C13H11N3O2. The smallest absolute Gasteiger partial charge is 0.359 e. The van der Waals surface area contributed by atoms with Gasteiger partial charge in [0.15, 0.2) is 5.69 Å². The van der Waals surface area contributed by atoms with Crippen molar-refractivity contribution in [2.75, 3.05) is 6.61 Å². The number of allylic oxidation sites excluding steroid dienone is 1. The number of fused-ring (bicyclic) bond motifs is 1. The predicted molar refractivity (Wildman–Crippen MR) is 65.8 cm³/mol. The topological polar surface area (TPSA) is 67.4 Å². The Labute approximate surface area is 104 Å². The van der Waals surface area contributed by atoms with E-state index in [-0.39, 0.29) is 12.3 Å². The van der Waals surface area contributed by atoms with Gasteiger partial charge < -0.3 is 4.74 Å². The summed E-state index contributed by atoms with van der Waals surface area (Å²) in [5.74, 6) is -0.487. The van der Waals surface area contributed by atoms with Crippen LogP contribution >= 0.6 is 0 Å². The Morgan fingerprint density at radius 3 is 3.17 bits per heavy atom. The second-order valence-electron chi connectivity index (χ2n) is 3.46. The summed E-state index contributed by atoms with van der Waals surface area (Å²) < 4.78 is 6.68. The van der Waals surface area contributed by atoms with Gasteiger partial charge in [0.05, 0.1) is 18.4 Å². The molecule has 0 radical (unpaired) electrons. The molecule has 0 aliphatic rings. The van der Waals surface area contributed by atoms with Gasteiger partial charge in [-0.1, -0.05) is 6.07 Å². The normalized spacial score (nSPS) is 10.7. The summed E-state index contributed by atoms with van der Waals surface area (Å²) in [5.41, 5.74) is 1.40. The molecule has 0 unspecified atom stereocenters. The van der Waals surface area contributed by atoms with Crippen molar-refractivity contribution in [3.8, 4) is 6.07 Å². The number of esters is 1. The molecule has 0 spiro atoms. The van der Waals surface area contributed by atoms with Crippen molar-refractivity contribution >= 4 is 17.7 Å². The molecule has 0 atom stereocenters. The van der Waals surface area contributed by atoms with Crippen molar-refractivity contribution < 1.29 is 9.53 Å². The summed E-state index contributed by atoms with van der Waals surface area (Å²) in [4.78, 5) is 16.0. The third-order valence-corrected chi connectivity index (χ3v) is 2.35. The van der Waals surface area contributed by atoms with Gasteiger partial charge in [0, 0.05) is 12.3 Å². The van der Waals surface area contributed by atoms with Gasteiger partial charge in [-0.2, -0.15) is 5.26 Å². The van der Waals surface area contributed by atoms with Crippen LogP contribution in [0.2, 0.25) is 0 Å². The third kappa shape index (κ3) is 2.09. The first kappa shape index (κ1) is 11.9. The van der Waals surface area contributed by atoms with Crippen LogP contribution in [-0.4, -0.2) is 22.0 Å². The zero-order valence-corrected chi connectivity index (χ0v) is 9.83. The monoisotopic (exact) mass is 241 g/mol. The van der Waals surface area contributed by atoms with E-state index in [9.17, 15) is 4.79 Å². The molecule has 0 saturated heterocycles. The lowest BCUT2D eigenvalue weighted by Crippen LogP contribution is -2.07. The number of rotatable bonds is 3. The first-order valence-electron chi connectivity index (χ1n) is 5.48. The fraction of sp³-hybridized carbons (Fsp3) is 0.154.